The number of aliphatic imine (C=N–C) groups is 1. The summed E-state index contributed by atoms with van der Waals surface area (Å²) >= 11 is 0. The van der Waals surface area contributed by atoms with Crippen LogP contribution in [0, 0.1) is 0 Å². The van der Waals surface area contributed by atoms with Crippen LogP contribution in [0.5, 0.6) is 5.75 Å². The summed E-state index contributed by atoms with van der Waals surface area (Å²) in [7, 11) is 1.56. The number of nitrogens with zero attached hydrogens (tertiary/aromatic N) is 3. The number of hydrogen-bond donors (Lipinski definition) is 1. The number of urea groups is 1. The number of allylic oxidation sites excluding steroid dienone is 1. The number of imide groups is 1. The van der Waals surface area contributed by atoms with Crippen LogP contribution in [-0.2, 0) is 22.7 Å². The Hall–Kier alpha value is -4.01. The second kappa shape index (κ2) is 8.78. The molecule has 4 amide bonds. The lowest BCUT2D eigenvalue weighted by Gasteiger charge is -2.26. The van der Waals surface area contributed by atoms with E-state index in [9.17, 15) is 14.4 Å². The standard InChI is InChI=1S/C22H20N4O5/c1-30-16-8-6-15(7-9-16)13-26-21(28)20-18(5-2-10-23-20)25(22(26)29)14-19(27)24-12-17-4-3-11-31-17/h2-11,20H,12-14H2,1H3/p+1. The van der Waals surface area contributed by atoms with Gasteiger partial charge in [-0.3, -0.25) is 9.79 Å². The lowest BCUT2D eigenvalue weighted by molar-refractivity contribution is -0.428. The quantitative estimate of drug-likeness (QED) is 0.683. The number of ether oxygens (including phenoxy) is 1. The molecule has 0 fully saturated rings. The Morgan fingerprint density at radius 2 is 2.06 bits per heavy atom. The van der Waals surface area contributed by atoms with Crippen molar-refractivity contribution in [1.29, 1.82) is 0 Å². The third-order valence-corrected chi connectivity index (χ3v) is 4.98. The topological polar surface area (TPSA) is 104 Å². The SMILES string of the molecule is COc1ccc(CN2C(=O)C3N=CC=CC3=[N+](CC(=O)NCc3ccco3)C2=O)cc1. The summed E-state index contributed by atoms with van der Waals surface area (Å²) in [6.07, 6.45) is 6.31. The van der Waals surface area contributed by atoms with Gasteiger partial charge in [-0.05, 0) is 42.0 Å². The molecule has 0 bridgehead atoms. The highest BCUT2D eigenvalue weighted by atomic mass is 16.5. The molecule has 9 nitrogen and oxygen atoms in total. The summed E-state index contributed by atoms with van der Waals surface area (Å²) in [5.41, 5.74) is 1.14. The number of benzene rings is 1. The van der Waals surface area contributed by atoms with Crippen LogP contribution < -0.4 is 10.1 Å². The van der Waals surface area contributed by atoms with Crippen molar-refractivity contribution in [3.8, 4) is 5.75 Å². The molecule has 0 saturated carbocycles. The van der Waals surface area contributed by atoms with Crippen LogP contribution in [0.4, 0.5) is 4.79 Å². The molecule has 9 heteroatoms. The molecule has 1 aromatic heterocycles. The van der Waals surface area contributed by atoms with Crippen molar-refractivity contribution in [3.63, 3.8) is 0 Å². The summed E-state index contributed by atoms with van der Waals surface area (Å²) in [4.78, 5) is 44.0. The van der Waals surface area contributed by atoms with E-state index in [0.29, 0.717) is 17.2 Å². The lowest BCUT2D eigenvalue weighted by Crippen LogP contribution is -2.57. The molecule has 0 aliphatic carbocycles. The number of fused-ring (bicyclic) bond motifs is 1. The van der Waals surface area contributed by atoms with Gasteiger partial charge in [-0.25, -0.2) is 4.79 Å². The zero-order valence-electron chi connectivity index (χ0n) is 16.9. The van der Waals surface area contributed by atoms with Crippen molar-refractivity contribution in [1.82, 2.24) is 10.2 Å². The molecule has 0 saturated heterocycles. The predicted molar refractivity (Wildman–Crippen MR) is 111 cm³/mol. The van der Waals surface area contributed by atoms with Crippen molar-refractivity contribution in [3.05, 3.63) is 66.1 Å². The van der Waals surface area contributed by atoms with E-state index < -0.39 is 18.0 Å². The highest BCUT2D eigenvalue weighted by molar-refractivity contribution is 6.20. The minimum atomic E-state index is -0.862. The minimum Gasteiger partial charge on any atom is -0.497 e. The first-order valence-corrected chi connectivity index (χ1v) is 9.68. The number of dihydropyridines is 1. The van der Waals surface area contributed by atoms with Gasteiger partial charge in [0.1, 0.15) is 23.8 Å². The molecule has 4 rings (SSSR count). The molecule has 2 aliphatic rings. The molecule has 1 unspecified atom stereocenters. The fourth-order valence-corrected chi connectivity index (χ4v) is 3.39. The maximum Gasteiger partial charge on any atom is 0.501 e. The van der Waals surface area contributed by atoms with Crippen molar-refractivity contribution in [2.75, 3.05) is 13.7 Å². The summed E-state index contributed by atoms with van der Waals surface area (Å²) in [5.74, 6) is 0.469. The number of methoxy groups -OCH3 is 1. The Balaban J connectivity index is 1.55. The first-order chi connectivity index (χ1) is 15.1. The Labute approximate surface area is 178 Å². The van der Waals surface area contributed by atoms with Crippen molar-refractivity contribution >= 4 is 29.8 Å². The van der Waals surface area contributed by atoms with Gasteiger partial charge in [0.05, 0.1) is 19.9 Å². The lowest BCUT2D eigenvalue weighted by atomic mass is 10.0. The van der Waals surface area contributed by atoms with Crippen LogP contribution in [0.25, 0.3) is 0 Å². The van der Waals surface area contributed by atoms with Gasteiger partial charge in [0, 0.05) is 6.21 Å². The maximum atomic E-state index is 13.2. The molecule has 158 valence electrons. The number of carbonyl (C=O) groups is 3. The third-order valence-electron chi connectivity index (χ3n) is 4.98. The van der Waals surface area contributed by atoms with Crippen molar-refractivity contribution < 1.29 is 28.1 Å². The number of furan rings is 1. The second-order valence-corrected chi connectivity index (χ2v) is 6.98. The van der Waals surface area contributed by atoms with E-state index in [0.717, 1.165) is 10.5 Å². The first kappa shape index (κ1) is 20.3. The van der Waals surface area contributed by atoms with Gasteiger partial charge in [-0.2, -0.15) is 14.3 Å². The first-order valence-electron chi connectivity index (χ1n) is 9.68. The Bertz CT molecular complexity index is 1080. The zero-order chi connectivity index (χ0) is 21.8. The van der Waals surface area contributed by atoms with Crippen molar-refractivity contribution in [2.45, 2.75) is 19.1 Å². The Morgan fingerprint density at radius 1 is 1.26 bits per heavy atom. The van der Waals surface area contributed by atoms with Gasteiger partial charge < -0.3 is 14.5 Å². The smallest absolute Gasteiger partial charge is 0.497 e. The highest BCUT2D eigenvalue weighted by Gasteiger charge is 2.48. The molecule has 31 heavy (non-hydrogen) atoms. The van der Waals surface area contributed by atoms with Gasteiger partial charge >= 0.3 is 11.9 Å². The summed E-state index contributed by atoms with van der Waals surface area (Å²) in [6, 6.07) is 9.11. The van der Waals surface area contributed by atoms with Gasteiger partial charge in [0.15, 0.2) is 6.54 Å². The molecular formula is C22H21N4O5+. The molecule has 2 aliphatic heterocycles. The van der Waals surface area contributed by atoms with Crippen LogP contribution >= 0.6 is 0 Å². The molecule has 1 atom stereocenters. The van der Waals surface area contributed by atoms with Crippen LogP contribution in [0.1, 0.15) is 11.3 Å². The summed E-state index contributed by atoms with van der Waals surface area (Å²) < 4.78 is 11.6. The van der Waals surface area contributed by atoms with Crippen LogP contribution in [0.2, 0.25) is 0 Å². The number of carbonyl (C=O) groups excluding carboxylic acids is 3. The van der Waals surface area contributed by atoms with E-state index in [-0.39, 0.29) is 25.5 Å². The molecule has 1 N–H and O–H groups in total. The zero-order valence-corrected chi connectivity index (χ0v) is 16.9. The summed E-state index contributed by atoms with van der Waals surface area (Å²) in [5, 5.41) is 2.72. The molecule has 0 radical (unpaired) electrons. The largest absolute Gasteiger partial charge is 0.501 e. The number of amides is 4. The average Bonchev–Trinajstić information content (AvgIpc) is 3.32. The number of rotatable bonds is 7. The van der Waals surface area contributed by atoms with Crippen LogP contribution in [-0.4, -0.2) is 58.9 Å². The van der Waals surface area contributed by atoms with E-state index in [1.54, 1.807) is 55.7 Å². The second-order valence-electron chi connectivity index (χ2n) is 6.98. The van der Waals surface area contributed by atoms with E-state index in [1.165, 1.54) is 17.1 Å². The maximum absolute atomic E-state index is 13.2. The molecule has 1 aromatic carbocycles. The Kier molecular flexibility index (Phi) is 5.74. The molecule has 3 heterocycles. The van der Waals surface area contributed by atoms with E-state index in [4.69, 9.17) is 9.15 Å². The van der Waals surface area contributed by atoms with E-state index >= 15 is 0 Å². The monoisotopic (exact) mass is 421 g/mol. The van der Waals surface area contributed by atoms with Gasteiger partial charge in [0.25, 0.3) is 5.91 Å². The van der Waals surface area contributed by atoms with Gasteiger partial charge in [-0.15, -0.1) is 0 Å². The van der Waals surface area contributed by atoms with Crippen molar-refractivity contribution in [2.24, 2.45) is 4.99 Å². The highest BCUT2D eigenvalue weighted by Crippen LogP contribution is 2.19. The van der Waals surface area contributed by atoms with Gasteiger partial charge in [0.2, 0.25) is 6.04 Å². The predicted octanol–water partition coefficient (Wildman–Crippen LogP) is 1.53. The summed E-state index contributed by atoms with van der Waals surface area (Å²) in [6.45, 7) is 0.0297. The fraction of sp³-hybridized carbons (Fsp3) is 0.227. The normalized spacial score (nSPS) is 17.7. The molecule has 0 spiro atoms. The molecular weight excluding hydrogens is 400 g/mol. The minimum absolute atomic E-state index is 0.0647. The third kappa shape index (κ3) is 4.30. The van der Waals surface area contributed by atoms with Gasteiger partial charge in [-0.1, -0.05) is 12.1 Å². The number of nitrogens with one attached hydrogen (secondary N) is 1. The average molecular weight is 421 g/mol. The van der Waals surface area contributed by atoms with E-state index in [2.05, 4.69) is 10.3 Å². The van der Waals surface area contributed by atoms with E-state index in [1.807, 2.05) is 0 Å². The molecule has 2 aromatic rings. The fourth-order valence-electron chi connectivity index (χ4n) is 3.39. The Morgan fingerprint density at radius 3 is 2.77 bits per heavy atom. The van der Waals surface area contributed by atoms with Crippen LogP contribution in [0.3, 0.4) is 0 Å². The van der Waals surface area contributed by atoms with Crippen LogP contribution in [0.15, 0.2) is 64.2 Å². The number of hydrogen-bond acceptors (Lipinski definition) is 6.